The van der Waals surface area contributed by atoms with Crippen molar-refractivity contribution < 1.29 is 13.2 Å². The highest BCUT2D eigenvalue weighted by atomic mass is 32.2. The first-order valence-electron chi connectivity index (χ1n) is 9.33. The van der Waals surface area contributed by atoms with Crippen molar-refractivity contribution in [3.05, 3.63) is 60.2 Å². The van der Waals surface area contributed by atoms with Gasteiger partial charge < -0.3 is 5.32 Å². The van der Waals surface area contributed by atoms with Crippen molar-refractivity contribution in [3.8, 4) is 0 Å². The molecule has 2 aromatic rings. The molecule has 0 heterocycles. The number of rotatable bonds is 5. The summed E-state index contributed by atoms with van der Waals surface area (Å²) in [6.45, 7) is 2.23. The normalized spacial score (nSPS) is 20.1. The van der Waals surface area contributed by atoms with Gasteiger partial charge in [-0.3, -0.25) is 9.10 Å². The van der Waals surface area contributed by atoms with Crippen LogP contribution in [0.2, 0.25) is 0 Å². The molecular formula is C21H26N2O3S. The Morgan fingerprint density at radius 1 is 1.00 bits per heavy atom. The summed E-state index contributed by atoms with van der Waals surface area (Å²) in [5.74, 6) is 0.495. The summed E-state index contributed by atoms with van der Waals surface area (Å²) in [7, 11) is -2.22. The first kappa shape index (κ1) is 19.4. The zero-order chi connectivity index (χ0) is 19.4. The van der Waals surface area contributed by atoms with E-state index in [0.29, 0.717) is 17.2 Å². The second kappa shape index (κ2) is 8.13. The van der Waals surface area contributed by atoms with Crippen LogP contribution >= 0.6 is 0 Å². The molecule has 2 aromatic carbocycles. The SMILES string of the molecule is CC1CCC(NC(=O)c2cccc(S(=O)(=O)N(C)c3ccccc3)c2)CC1. The molecule has 1 aliphatic carbocycles. The highest BCUT2D eigenvalue weighted by molar-refractivity contribution is 7.92. The van der Waals surface area contributed by atoms with E-state index in [2.05, 4.69) is 12.2 Å². The zero-order valence-corrected chi connectivity index (χ0v) is 16.6. The van der Waals surface area contributed by atoms with Crippen LogP contribution in [0, 0.1) is 5.92 Å². The maximum absolute atomic E-state index is 12.9. The molecule has 0 saturated heterocycles. The van der Waals surface area contributed by atoms with Crippen LogP contribution in [0.4, 0.5) is 5.69 Å². The van der Waals surface area contributed by atoms with E-state index in [1.54, 1.807) is 36.4 Å². The number of carbonyl (C=O) groups is 1. The van der Waals surface area contributed by atoms with Crippen LogP contribution in [0.15, 0.2) is 59.5 Å². The monoisotopic (exact) mass is 386 g/mol. The van der Waals surface area contributed by atoms with Crippen LogP contribution in [-0.4, -0.2) is 27.4 Å². The number of sulfonamides is 1. The van der Waals surface area contributed by atoms with Crippen LogP contribution in [0.5, 0.6) is 0 Å². The molecule has 0 spiro atoms. The molecule has 0 aromatic heterocycles. The van der Waals surface area contributed by atoms with Gasteiger partial charge in [-0.2, -0.15) is 0 Å². The van der Waals surface area contributed by atoms with Gasteiger partial charge in [0.2, 0.25) is 0 Å². The van der Waals surface area contributed by atoms with E-state index in [0.717, 1.165) is 25.7 Å². The van der Waals surface area contributed by atoms with Crippen molar-refractivity contribution in [1.82, 2.24) is 5.32 Å². The van der Waals surface area contributed by atoms with Gasteiger partial charge in [0.25, 0.3) is 15.9 Å². The number of carbonyl (C=O) groups excluding carboxylic acids is 1. The summed E-state index contributed by atoms with van der Waals surface area (Å²) in [6, 6.07) is 15.3. The molecule has 0 atom stereocenters. The first-order chi connectivity index (χ1) is 12.9. The number of amides is 1. The fourth-order valence-electron chi connectivity index (χ4n) is 3.41. The number of anilines is 1. The van der Waals surface area contributed by atoms with Crippen molar-refractivity contribution in [2.45, 2.75) is 43.5 Å². The van der Waals surface area contributed by atoms with E-state index in [4.69, 9.17) is 0 Å². The van der Waals surface area contributed by atoms with E-state index >= 15 is 0 Å². The summed E-state index contributed by atoms with van der Waals surface area (Å²) in [5, 5.41) is 3.05. The van der Waals surface area contributed by atoms with Gasteiger partial charge in [0, 0.05) is 18.7 Å². The van der Waals surface area contributed by atoms with Crippen LogP contribution < -0.4 is 9.62 Å². The highest BCUT2D eigenvalue weighted by Crippen LogP contribution is 2.25. The maximum atomic E-state index is 12.9. The Bertz CT molecular complexity index is 889. The molecule has 0 unspecified atom stereocenters. The molecule has 0 aliphatic heterocycles. The van der Waals surface area contributed by atoms with Gasteiger partial charge in [-0.1, -0.05) is 31.2 Å². The number of hydrogen-bond acceptors (Lipinski definition) is 3. The van der Waals surface area contributed by atoms with Crippen molar-refractivity contribution in [2.24, 2.45) is 5.92 Å². The lowest BCUT2D eigenvalue weighted by atomic mass is 9.87. The molecule has 0 radical (unpaired) electrons. The number of para-hydroxylation sites is 1. The minimum atomic E-state index is -3.74. The first-order valence-corrected chi connectivity index (χ1v) is 10.8. The molecule has 1 amide bonds. The molecule has 27 heavy (non-hydrogen) atoms. The zero-order valence-electron chi connectivity index (χ0n) is 15.8. The topological polar surface area (TPSA) is 66.5 Å². The summed E-state index contributed by atoms with van der Waals surface area (Å²) in [5.41, 5.74) is 0.944. The van der Waals surface area contributed by atoms with E-state index in [1.165, 1.54) is 23.5 Å². The average Bonchev–Trinajstić information content (AvgIpc) is 2.70. The van der Waals surface area contributed by atoms with Gasteiger partial charge in [0.05, 0.1) is 10.6 Å². The lowest BCUT2D eigenvalue weighted by molar-refractivity contribution is 0.0923. The molecule has 5 nitrogen and oxygen atoms in total. The van der Waals surface area contributed by atoms with Crippen LogP contribution in [0.25, 0.3) is 0 Å². The third kappa shape index (κ3) is 4.50. The Morgan fingerprint density at radius 3 is 2.33 bits per heavy atom. The van der Waals surface area contributed by atoms with Gasteiger partial charge in [0.1, 0.15) is 0 Å². The Hall–Kier alpha value is -2.34. The highest BCUT2D eigenvalue weighted by Gasteiger charge is 2.24. The van der Waals surface area contributed by atoms with Gasteiger partial charge in [-0.25, -0.2) is 8.42 Å². The van der Waals surface area contributed by atoms with Crippen LogP contribution in [0.3, 0.4) is 0 Å². The molecule has 6 heteroatoms. The number of nitrogens with zero attached hydrogens (tertiary/aromatic N) is 1. The Balaban J connectivity index is 1.77. The Morgan fingerprint density at radius 2 is 1.67 bits per heavy atom. The fourth-order valence-corrected chi connectivity index (χ4v) is 4.65. The van der Waals surface area contributed by atoms with Crippen molar-refractivity contribution >= 4 is 21.6 Å². The molecular weight excluding hydrogens is 360 g/mol. The molecule has 1 fully saturated rings. The van der Waals surface area contributed by atoms with Crippen molar-refractivity contribution in [3.63, 3.8) is 0 Å². The van der Waals surface area contributed by atoms with Crippen LogP contribution in [0.1, 0.15) is 43.0 Å². The molecule has 3 rings (SSSR count). The largest absolute Gasteiger partial charge is 0.349 e. The minimum absolute atomic E-state index is 0.110. The molecule has 1 aliphatic rings. The van der Waals surface area contributed by atoms with Gasteiger partial charge >= 0.3 is 0 Å². The third-order valence-corrected chi connectivity index (χ3v) is 7.01. The van der Waals surface area contributed by atoms with E-state index in [-0.39, 0.29) is 16.8 Å². The van der Waals surface area contributed by atoms with Gasteiger partial charge in [-0.05, 0) is 61.9 Å². The second-order valence-electron chi connectivity index (χ2n) is 7.27. The number of hydrogen-bond donors (Lipinski definition) is 1. The molecule has 144 valence electrons. The number of benzene rings is 2. The summed E-state index contributed by atoms with van der Waals surface area (Å²) >= 11 is 0. The average molecular weight is 387 g/mol. The summed E-state index contributed by atoms with van der Waals surface area (Å²) in [6.07, 6.45) is 4.17. The summed E-state index contributed by atoms with van der Waals surface area (Å²) in [4.78, 5) is 12.7. The predicted octanol–water partition coefficient (Wildman–Crippen LogP) is 3.82. The minimum Gasteiger partial charge on any atom is -0.349 e. The van der Waals surface area contributed by atoms with Gasteiger partial charge in [-0.15, -0.1) is 0 Å². The smallest absolute Gasteiger partial charge is 0.264 e. The van der Waals surface area contributed by atoms with Crippen LogP contribution in [-0.2, 0) is 10.0 Å². The van der Waals surface area contributed by atoms with E-state index < -0.39 is 10.0 Å². The Kier molecular flexibility index (Phi) is 5.85. The van der Waals surface area contributed by atoms with Crippen molar-refractivity contribution in [1.29, 1.82) is 0 Å². The maximum Gasteiger partial charge on any atom is 0.264 e. The fraction of sp³-hybridized carbons (Fsp3) is 0.381. The second-order valence-corrected chi connectivity index (χ2v) is 9.24. The molecule has 0 bridgehead atoms. The molecule has 1 saturated carbocycles. The lowest BCUT2D eigenvalue weighted by Crippen LogP contribution is -2.37. The Labute approximate surface area is 161 Å². The third-order valence-electron chi connectivity index (χ3n) is 5.23. The van der Waals surface area contributed by atoms with Gasteiger partial charge in [0.15, 0.2) is 0 Å². The van der Waals surface area contributed by atoms with Crippen molar-refractivity contribution in [2.75, 3.05) is 11.4 Å². The van der Waals surface area contributed by atoms with E-state index in [9.17, 15) is 13.2 Å². The summed E-state index contributed by atoms with van der Waals surface area (Å²) < 4.78 is 27.1. The molecule has 1 N–H and O–H groups in total. The lowest BCUT2D eigenvalue weighted by Gasteiger charge is -2.27. The van der Waals surface area contributed by atoms with E-state index in [1.807, 2.05) is 6.07 Å². The quantitative estimate of drug-likeness (QED) is 0.849. The number of nitrogens with one attached hydrogen (secondary N) is 1. The standard InChI is InChI=1S/C21H26N2O3S/c1-16-11-13-18(14-12-16)22-21(24)17-7-6-10-20(15-17)27(25,26)23(2)19-8-4-3-5-9-19/h3-10,15-16,18H,11-14H2,1-2H3,(H,22,24). The predicted molar refractivity (Wildman–Crippen MR) is 107 cm³/mol.